The Kier molecular flexibility index (Phi) is 4.35. The number of aromatic nitrogens is 3. The van der Waals surface area contributed by atoms with Crippen molar-refractivity contribution in [2.24, 2.45) is 5.16 Å². The third-order valence-corrected chi connectivity index (χ3v) is 4.66. The summed E-state index contributed by atoms with van der Waals surface area (Å²) in [5, 5.41) is 31.6. The van der Waals surface area contributed by atoms with Gasteiger partial charge < -0.3 is 20.7 Å². The van der Waals surface area contributed by atoms with Crippen molar-refractivity contribution in [3.63, 3.8) is 0 Å². The first-order valence-corrected chi connectivity index (χ1v) is 8.42. The fourth-order valence-corrected chi connectivity index (χ4v) is 3.33. The molecule has 3 N–H and O–H groups in total. The molecule has 0 amide bonds. The summed E-state index contributed by atoms with van der Waals surface area (Å²) in [7, 11) is 0. The number of hydrogen-bond acceptors (Lipinski definition) is 10. The lowest BCUT2D eigenvalue weighted by molar-refractivity contribution is -0.383. The number of rotatable bonds is 3. The van der Waals surface area contributed by atoms with Crippen LogP contribution in [0.1, 0.15) is 5.69 Å². The molecule has 0 spiro atoms. The lowest BCUT2D eigenvalue weighted by Crippen LogP contribution is -2.49. The summed E-state index contributed by atoms with van der Waals surface area (Å²) in [6.45, 7) is 2.18. The molecule has 0 unspecified atom stereocenters. The van der Waals surface area contributed by atoms with Gasteiger partial charge in [-0.3, -0.25) is 15.1 Å². The third-order valence-electron chi connectivity index (χ3n) is 4.66. The van der Waals surface area contributed by atoms with E-state index in [1.54, 1.807) is 24.4 Å². The average molecular weight is 384 g/mol. The molecule has 0 aliphatic carbocycles. The predicted octanol–water partition coefficient (Wildman–Crippen LogP) is 1.07. The van der Waals surface area contributed by atoms with Gasteiger partial charge in [0, 0.05) is 38.4 Å². The van der Waals surface area contributed by atoms with E-state index in [-0.39, 0.29) is 23.0 Å². The SMILES string of the molecule is Nc1nonc1C(=NO)N1CCN(c2ccc([N+](=O)[O-])c3cccnc23)CC1. The summed E-state index contributed by atoms with van der Waals surface area (Å²) in [5.41, 5.74) is 7.27. The highest BCUT2D eigenvalue weighted by Crippen LogP contribution is 2.32. The number of fused-ring (bicyclic) bond motifs is 1. The molecule has 0 bridgehead atoms. The number of pyridine rings is 1. The zero-order valence-corrected chi connectivity index (χ0v) is 14.6. The van der Waals surface area contributed by atoms with Crippen LogP contribution in [0.3, 0.4) is 0 Å². The average Bonchev–Trinajstić information content (AvgIpc) is 3.14. The summed E-state index contributed by atoms with van der Waals surface area (Å²) in [6.07, 6.45) is 1.61. The van der Waals surface area contributed by atoms with Crippen LogP contribution in [-0.2, 0) is 0 Å². The van der Waals surface area contributed by atoms with Gasteiger partial charge >= 0.3 is 0 Å². The number of amidine groups is 1. The van der Waals surface area contributed by atoms with Crippen molar-refractivity contribution < 1.29 is 14.8 Å². The molecule has 144 valence electrons. The molecule has 0 atom stereocenters. The normalized spacial score (nSPS) is 15.2. The minimum Gasteiger partial charge on any atom is -0.409 e. The van der Waals surface area contributed by atoms with E-state index in [1.165, 1.54) is 6.07 Å². The van der Waals surface area contributed by atoms with Crippen molar-refractivity contribution >= 4 is 33.9 Å². The van der Waals surface area contributed by atoms with Gasteiger partial charge in [-0.25, -0.2) is 4.63 Å². The van der Waals surface area contributed by atoms with Gasteiger partial charge in [0.1, 0.15) is 5.52 Å². The van der Waals surface area contributed by atoms with Crippen LogP contribution in [-0.4, -0.2) is 62.3 Å². The number of nitro benzene ring substituents is 1. The monoisotopic (exact) mass is 384 g/mol. The Morgan fingerprint density at radius 1 is 1.25 bits per heavy atom. The first-order valence-electron chi connectivity index (χ1n) is 8.42. The quantitative estimate of drug-likeness (QED) is 0.220. The Morgan fingerprint density at radius 2 is 2.04 bits per heavy atom. The highest BCUT2D eigenvalue weighted by Gasteiger charge is 2.27. The number of nitro groups is 1. The fourth-order valence-electron chi connectivity index (χ4n) is 3.33. The second-order valence-electron chi connectivity index (χ2n) is 6.16. The zero-order valence-electron chi connectivity index (χ0n) is 14.6. The van der Waals surface area contributed by atoms with Crippen molar-refractivity contribution in [1.82, 2.24) is 20.2 Å². The summed E-state index contributed by atoms with van der Waals surface area (Å²) in [6, 6.07) is 6.58. The third kappa shape index (κ3) is 2.90. The predicted molar refractivity (Wildman–Crippen MR) is 99.2 cm³/mol. The number of non-ortho nitro benzene ring substituents is 1. The van der Waals surface area contributed by atoms with Gasteiger partial charge in [0.05, 0.1) is 16.0 Å². The van der Waals surface area contributed by atoms with Crippen LogP contribution in [0.2, 0.25) is 0 Å². The molecule has 1 saturated heterocycles. The van der Waals surface area contributed by atoms with Crippen molar-refractivity contribution in [2.45, 2.75) is 0 Å². The van der Waals surface area contributed by atoms with E-state index in [0.29, 0.717) is 37.1 Å². The maximum absolute atomic E-state index is 11.3. The Balaban J connectivity index is 1.59. The first-order chi connectivity index (χ1) is 13.6. The first kappa shape index (κ1) is 17.5. The van der Waals surface area contributed by atoms with Crippen LogP contribution >= 0.6 is 0 Å². The van der Waals surface area contributed by atoms with Crippen molar-refractivity contribution in [3.8, 4) is 0 Å². The highest BCUT2D eigenvalue weighted by molar-refractivity contribution is 6.00. The van der Waals surface area contributed by atoms with Crippen LogP contribution < -0.4 is 10.6 Å². The Labute approximate surface area is 158 Å². The molecule has 1 aromatic carbocycles. The number of nitrogen functional groups attached to an aromatic ring is 1. The number of hydrogen-bond donors (Lipinski definition) is 2. The van der Waals surface area contributed by atoms with Crippen LogP contribution in [0, 0.1) is 10.1 Å². The molecule has 3 aromatic rings. The van der Waals surface area contributed by atoms with E-state index in [4.69, 9.17) is 5.73 Å². The van der Waals surface area contributed by atoms with E-state index < -0.39 is 4.92 Å². The Hall–Kier alpha value is -3.96. The Morgan fingerprint density at radius 3 is 2.68 bits per heavy atom. The maximum atomic E-state index is 11.3. The molecule has 0 radical (unpaired) electrons. The van der Waals surface area contributed by atoms with Crippen molar-refractivity contribution in [3.05, 3.63) is 46.3 Å². The molecule has 1 aliphatic rings. The second kappa shape index (κ2) is 6.98. The van der Waals surface area contributed by atoms with Crippen molar-refractivity contribution in [2.75, 3.05) is 36.8 Å². The molecule has 3 heterocycles. The van der Waals surface area contributed by atoms with E-state index in [9.17, 15) is 15.3 Å². The molecule has 0 saturated carbocycles. The van der Waals surface area contributed by atoms with Gasteiger partial charge in [-0.15, -0.1) is 0 Å². The van der Waals surface area contributed by atoms with Gasteiger partial charge in [-0.05, 0) is 28.5 Å². The molecule has 4 rings (SSSR count). The fraction of sp³-hybridized carbons (Fsp3) is 0.250. The maximum Gasteiger partial charge on any atom is 0.278 e. The summed E-state index contributed by atoms with van der Waals surface area (Å²) in [4.78, 5) is 19.1. The zero-order chi connectivity index (χ0) is 19.7. The van der Waals surface area contributed by atoms with Crippen LogP contribution in [0.4, 0.5) is 17.2 Å². The number of piperazine rings is 1. The molecule has 2 aromatic heterocycles. The molecular formula is C16H16N8O4. The number of nitrogens with zero attached hydrogens (tertiary/aromatic N) is 7. The minimum atomic E-state index is -0.411. The summed E-state index contributed by atoms with van der Waals surface area (Å²) < 4.78 is 4.57. The lowest BCUT2D eigenvalue weighted by atomic mass is 10.1. The van der Waals surface area contributed by atoms with Crippen LogP contribution in [0.15, 0.2) is 40.2 Å². The van der Waals surface area contributed by atoms with Crippen molar-refractivity contribution in [1.29, 1.82) is 0 Å². The summed E-state index contributed by atoms with van der Waals surface area (Å²) in [5.74, 6) is 0.228. The van der Waals surface area contributed by atoms with E-state index in [1.807, 2.05) is 4.90 Å². The van der Waals surface area contributed by atoms with E-state index in [0.717, 1.165) is 5.69 Å². The largest absolute Gasteiger partial charge is 0.409 e. The lowest BCUT2D eigenvalue weighted by Gasteiger charge is -2.36. The number of oxime groups is 1. The molecule has 1 fully saturated rings. The van der Waals surface area contributed by atoms with Gasteiger partial charge in [0.25, 0.3) is 5.69 Å². The highest BCUT2D eigenvalue weighted by atomic mass is 16.6. The molecule has 28 heavy (non-hydrogen) atoms. The number of benzene rings is 1. The molecule has 12 nitrogen and oxygen atoms in total. The van der Waals surface area contributed by atoms with Crippen LogP contribution in [0.5, 0.6) is 0 Å². The Bertz CT molecular complexity index is 1060. The molecular weight excluding hydrogens is 368 g/mol. The molecule has 1 aliphatic heterocycles. The van der Waals surface area contributed by atoms with Crippen LogP contribution in [0.25, 0.3) is 10.9 Å². The molecule has 12 heteroatoms. The summed E-state index contributed by atoms with van der Waals surface area (Å²) >= 11 is 0. The van der Waals surface area contributed by atoms with E-state index >= 15 is 0 Å². The topological polar surface area (TPSA) is 160 Å². The smallest absolute Gasteiger partial charge is 0.278 e. The van der Waals surface area contributed by atoms with Gasteiger partial charge in [0.2, 0.25) is 5.84 Å². The minimum absolute atomic E-state index is 0.0224. The standard InChI is InChI=1S/C16H16N8O4/c17-15-14(20-28-21-15)16(19-25)23-8-6-22(7-9-23)12-4-3-11(24(26)27)10-2-1-5-18-13(10)12/h1-5,25H,6-9H2,(H2,17,21). The number of anilines is 2. The van der Waals surface area contributed by atoms with E-state index in [2.05, 4.69) is 30.0 Å². The van der Waals surface area contributed by atoms with Gasteiger partial charge in [-0.1, -0.05) is 5.16 Å². The number of nitrogens with two attached hydrogens (primary N) is 1. The van der Waals surface area contributed by atoms with Gasteiger partial charge in [-0.2, -0.15) is 0 Å². The van der Waals surface area contributed by atoms with Gasteiger partial charge in [0.15, 0.2) is 11.5 Å². The second-order valence-corrected chi connectivity index (χ2v) is 6.16.